The number of rotatable bonds is 4. The van der Waals surface area contributed by atoms with Crippen LogP contribution in [-0.2, 0) is 4.79 Å². The highest BCUT2D eigenvalue weighted by Crippen LogP contribution is 2.03. The number of hydrogen-bond donors (Lipinski definition) is 3. The van der Waals surface area contributed by atoms with Gasteiger partial charge in [-0.05, 0) is 19.4 Å². The molecule has 0 heterocycles. The van der Waals surface area contributed by atoms with Crippen LogP contribution in [0, 0.1) is 0 Å². The van der Waals surface area contributed by atoms with Crippen molar-refractivity contribution in [1.82, 2.24) is 0 Å². The third-order valence-corrected chi connectivity index (χ3v) is 1.64. The number of Topliss-reactive ketones (excluding diaryl/α,β-unsaturated/α-hetero) is 1. The summed E-state index contributed by atoms with van der Waals surface area (Å²) >= 11 is 0. The molecule has 0 bridgehead atoms. The van der Waals surface area contributed by atoms with Gasteiger partial charge in [0, 0.05) is 0 Å². The van der Waals surface area contributed by atoms with Crippen molar-refractivity contribution in [3.63, 3.8) is 0 Å². The van der Waals surface area contributed by atoms with Gasteiger partial charge in [0.15, 0.2) is 5.78 Å². The zero-order valence-electron chi connectivity index (χ0n) is 7.19. The van der Waals surface area contributed by atoms with Crippen LogP contribution in [0.25, 0.3) is 0 Å². The van der Waals surface area contributed by atoms with Gasteiger partial charge in [-0.2, -0.15) is 0 Å². The van der Waals surface area contributed by atoms with E-state index in [1.54, 1.807) is 6.92 Å². The minimum absolute atomic E-state index is 0.370. The van der Waals surface area contributed by atoms with Gasteiger partial charge in [0.1, 0.15) is 12.2 Å². The van der Waals surface area contributed by atoms with Crippen molar-refractivity contribution >= 4 is 5.78 Å². The number of carbonyl (C=O) groups is 1. The number of ketones is 1. The molecule has 0 saturated carbocycles. The van der Waals surface area contributed by atoms with Gasteiger partial charge in [0.25, 0.3) is 0 Å². The Balaban J connectivity index is 4.29. The molecule has 4 nitrogen and oxygen atoms in total. The first kappa shape index (κ1) is 11.3. The van der Waals surface area contributed by atoms with Crippen LogP contribution in [0.2, 0.25) is 0 Å². The molecule has 0 amide bonds. The molecule has 0 aromatic heterocycles. The van der Waals surface area contributed by atoms with Gasteiger partial charge >= 0.3 is 0 Å². The van der Waals surface area contributed by atoms with Crippen LogP contribution < -0.4 is 0 Å². The number of carbonyl (C=O) groups excluding carboxylic acids is 1. The van der Waals surface area contributed by atoms with Gasteiger partial charge in [0.2, 0.25) is 0 Å². The summed E-state index contributed by atoms with van der Waals surface area (Å²) in [5.41, 5.74) is 0.370. The first-order valence-corrected chi connectivity index (χ1v) is 3.68. The van der Waals surface area contributed by atoms with E-state index in [4.69, 9.17) is 15.3 Å². The van der Waals surface area contributed by atoms with E-state index in [1.165, 1.54) is 13.0 Å². The summed E-state index contributed by atoms with van der Waals surface area (Å²) in [6, 6.07) is 0. The van der Waals surface area contributed by atoms with Crippen LogP contribution in [0.4, 0.5) is 0 Å². The average molecular weight is 174 g/mol. The molecule has 0 rings (SSSR count). The molecular weight excluding hydrogens is 160 g/mol. The largest absolute Gasteiger partial charge is 0.394 e. The third-order valence-electron chi connectivity index (χ3n) is 1.64. The Labute approximate surface area is 71.1 Å². The van der Waals surface area contributed by atoms with Crippen molar-refractivity contribution in [3.8, 4) is 0 Å². The Kier molecular flexibility index (Phi) is 4.73. The van der Waals surface area contributed by atoms with E-state index in [9.17, 15) is 4.79 Å². The predicted molar refractivity (Wildman–Crippen MR) is 43.5 cm³/mol. The highest BCUT2D eigenvalue weighted by atomic mass is 16.4. The quantitative estimate of drug-likeness (QED) is 0.489. The van der Waals surface area contributed by atoms with Crippen LogP contribution in [-0.4, -0.2) is 39.9 Å². The van der Waals surface area contributed by atoms with E-state index in [-0.39, 0.29) is 0 Å². The topological polar surface area (TPSA) is 77.8 Å². The summed E-state index contributed by atoms with van der Waals surface area (Å²) < 4.78 is 0. The lowest BCUT2D eigenvalue weighted by Gasteiger charge is -2.13. The average Bonchev–Trinajstić information content (AvgIpc) is 2.12. The smallest absolute Gasteiger partial charge is 0.189 e. The number of allylic oxidation sites excluding steroid dienone is 1. The summed E-state index contributed by atoms with van der Waals surface area (Å²) in [4.78, 5) is 11.1. The van der Waals surface area contributed by atoms with Gasteiger partial charge < -0.3 is 15.3 Å². The van der Waals surface area contributed by atoms with Gasteiger partial charge in [-0.1, -0.05) is 6.08 Å². The lowest BCUT2D eigenvalue weighted by molar-refractivity contribution is -0.130. The molecule has 12 heavy (non-hydrogen) atoms. The van der Waals surface area contributed by atoms with E-state index in [0.717, 1.165) is 0 Å². The van der Waals surface area contributed by atoms with Crippen LogP contribution in [0.1, 0.15) is 13.8 Å². The Hall–Kier alpha value is -0.710. The molecule has 0 radical (unpaired) electrons. The maximum atomic E-state index is 11.1. The standard InChI is InChI=1S/C8H14O4/c1-3-5(2)7(11)8(12)6(10)4-9/h3,6,8-10,12H,4H2,1-2H3/b5-3+. The summed E-state index contributed by atoms with van der Waals surface area (Å²) in [5.74, 6) is -0.556. The second kappa shape index (κ2) is 5.03. The van der Waals surface area contributed by atoms with Crippen molar-refractivity contribution in [2.75, 3.05) is 6.61 Å². The van der Waals surface area contributed by atoms with E-state index in [2.05, 4.69) is 0 Å². The van der Waals surface area contributed by atoms with Crippen molar-refractivity contribution in [1.29, 1.82) is 0 Å². The first-order valence-electron chi connectivity index (χ1n) is 3.68. The van der Waals surface area contributed by atoms with Crippen molar-refractivity contribution in [3.05, 3.63) is 11.6 Å². The van der Waals surface area contributed by atoms with E-state index in [0.29, 0.717) is 5.57 Å². The predicted octanol–water partition coefficient (Wildman–Crippen LogP) is -0.764. The zero-order chi connectivity index (χ0) is 9.72. The lowest BCUT2D eigenvalue weighted by Crippen LogP contribution is -2.36. The number of aliphatic hydroxyl groups excluding tert-OH is 3. The Morgan fingerprint density at radius 2 is 2.00 bits per heavy atom. The summed E-state index contributed by atoms with van der Waals surface area (Å²) in [6.07, 6.45) is -1.38. The lowest BCUT2D eigenvalue weighted by atomic mass is 10.0. The normalized spacial score (nSPS) is 17.2. The Morgan fingerprint density at radius 1 is 1.50 bits per heavy atom. The first-order chi connectivity index (χ1) is 5.54. The fraction of sp³-hybridized carbons (Fsp3) is 0.625. The molecule has 4 heteroatoms. The second-order valence-corrected chi connectivity index (χ2v) is 2.53. The Bertz CT molecular complexity index is 185. The van der Waals surface area contributed by atoms with Crippen molar-refractivity contribution in [2.45, 2.75) is 26.1 Å². The molecule has 2 unspecified atom stereocenters. The molecule has 0 aliphatic rings. The maximum Gasteiger partial charge on any atom is 0.189 e. The van der Waals surface area contributed by atoms with Crippen LogP contribution in [0.15, 0.2) is 11.6 Å². The molecule has 70 valence electrons. The van der Waals surface area contributed by atoms with Gasteiger partial charge in [-0.3, -0.25) is 4.79 Å². The highest BCUT2D eigenvalue weighted by Gasteiger charge is 2.23. The molecule has 0 fully saturated rings. The summed E-state index contributed by atoms with van der Waals surface area (Å²) in [6.45, 7) is 2.57. The molecule has 3 N–H and O–H groups in total. The number of hydrogen-bond acceptors (Lipinski definition) is 4. The molecule has 0 aliphatic heterocycles. The fourth-order valence-electron chi connectivity index (χ4n) is 0.650. The zero-order valence-corrected chi connectivity index (χ0v) is 7.19. The maximum absolute atomic E-state index is 11.1. The molecular formula is C8H14O4. The van der Waals surface area contributed by atoms with Gasteiger partial charge in [-0.25, -0.2) is 0 Å². The van der Waals surface area contributed by atoms with E-state index < -0.39 is 24.6 Å². The summed E-state index contributed by atoms with van der Waals surface area (Å²) in [5, 5.41) is 26.4. The molecule has 0 aromatic carbocycles. The molecule has 0 saturated heterocycles. The minimum Gasteiger partial charge on any atom is -0.394 e. The van der Waals surface area contributed by atoms with E-state index >= 15 is 0 Å². The van der Waals surface area contributed by atoms with Crippen LogP contribution >= 0.6 is 0 Å². The molecule has 0 aromatic rings. The second-order valence-electron chi connectivity index (χ2n) is 2.53. The molecule has 0 spiro atoms. The van der Waals surface area contributed by atoms with Crippen LogP contribution in [0.5, 0.6) is 0 Å². The van der Waals surface area contributed by atoms with Crippen molar-refractivity contribution in [2.24, 2.45) is 0 Å². The Morgan fingerprint density at radius 3 is 2.33 bits per heavy atom. The van der Waals surface area contributed by atoms with Gasteiger partial charge in [0.05, 0.1) is 6.61 Å². The van der Waals surface area contributed by atoms with Crippen LogP contribution in [0.3, 0.4) is 0 Å². The highest BCUT2D eigenvalue weighted by molar-refractivity contribution is 5.98. The number of aliphatic hydroxyl groups is 3. The molecule has 2 atom stereocenters. The summed E-state index contributed by atoms with van der Waals surface area (Å²) in [7, 11) is 0. The van der Waals surface area contributed by atoms with Crippen molar-refractivity contribution < 1.29 is 20.1 Å². The SMILES string of the molecule is C/C=C(\C)C(=O)C(O)C(O)CO. The monoisotopic (exact) mass is 174 g/mol. The minimum atomic E-state index is -1.52. The third kappa shape index (κ3) is 2.73. The van der Waals surface area contributed by atoms with Gasteiger partial charge in [-0.15, -0.1) is 0 Å². The van der Waals surface area contributed by atoms with E-state index in [1.807, 2.05) is 0 Å². The fourth-order valence-corrected chi connectivity index (χ4v) is 0.650. The molecule has 0 aliphatic carbocycles.